The van der Waals surface area contributed by atoms with Crippen LogP contribution in [0, 0.1) is 0 Å². The number of aromatic nitrogens is 1. The minimum absolute atomic E-state index is 0.148. The first-order chi connectivity index (χ1) is 11.3. The van der Waals surface area contributed by atoms with Gasteiger partial charge in [-0.15, -0.1) is 0 Å². The standard InChI is InChI=1S/C19H22N2O2/c22-18(23-14-15-6-2-1-3-7-15)10-4-9-17-12-11-16-8-5-13-20-19(16)21-17/h1-3,6-7,11-12H,4-5,8-10,13-14H2,(H,20,21). The molecule has 0 unspecified atom stereocenters. The number of fused-ring (bicyclic) bond motifs is 1. The summed E-state index contributed by atoms with van der Waals surface area (Å²) in [6, 6.07) is 14.0. The molecule has 0 fully saturated rings. The number of aryl methyl sites for hydroxylation is 2. The quantitative estimate of drug-likeness (QED) is 0.830. The van der Waals surface area contributed by atoms with Crippen LogP contribution in [-0.2, 0) is 29.0 Å². The van der Waals surface area contributed by atoms with E-state index in [1.807, 2.05) is 30.3 Å². The van der Waals surface area contributed by atoms with Gasteiger partial charge in [0.2, 0.25) is 0 Å². The smallest absolute Gasteiger partial charge is 0.306 e. The summed E-state index contributed by atoms with van der Waals surface area (Å²) in [4.78, 5) is 16.4. The predicted molar refractivity (Wildman–Crippen MR) is 90.2 cm³/mol. The molecule has 2 heterocycles. The van der Waals surface area contributed by atoms with E-state index in [-0.39, 0.29) is 5.97 Å². The van der Waals surface area contributed by atoms with Gasteiger partial charge in [-0.3, -0.25) is 4.79 Å². The summed E-state index contributed by atoms with van der Waals surface area (Å²) < 4.78 is 5.28. The molecule has 1 aliphatic heterocycles. The van der Waals surface area contributed by atoms with Gasteiger partial charge in [0.1, 0.15) is 12.4 Å². The minimum Gasteiger partial charge on any atom is -0.461 e. The lowest BCUT2D eigenvalue weighted by Gasteiger charge is -2.17. The topological polar surface area (TPSA) is 51.2 Å². The fourth-order valence-corrected chi connectivity index (χ4v) is 2.73. The van der Waals surface area contributed by atoms with Crippen LogP contribution in [0.25, 0.3) is 0 Å². The number of hydrogen-bond donors (Lipinski definition) is 1. The van der Waals surface area contributed by atoms with E-state index in [0.29, 0.717) is 13.0 Å². The van der Waals surface area contributed by atoms with Crippen LogP contribution < -0.4 is 5.32 Å². The molecule has 0 amide bonds. The van der Waals surface area contributed by atoms with Crippen molar-refractivity contribution < 1.29 is 9.53 Å². The van der Waals surface area contributed by atoms with Crippen LogP contribution in [-0.4, -0.2) is 17.5 Å². The Morgan fingerprint density at radius 2 is 2.04 bits per heavy atom. The summed E-state index contributed by atoms with van der Waals surface area (Å²) >= 11 is 0. The molecule has 4 heteroatoms. The van der Waals surface area contributed by atoms with Crippen LogP contribution in [0.3, 0.4) is 0 Å². The van der Waals surface area contributed by atoms with Crippen molar-refractivity contribution >= 4 is 11.8 Å². The molecule has 2 aromatic rings. The van der Waals surface area contributed by atoms with Crippen LogP contribution in [0.1, 0.15) is 36.1 Å². The molecule has 1 aromatic carbocycles. The molecular formula is C19H22N2O2. The first-order valence-corrected chi connectivity index (χ1v) is 8.23. The first-order valence-electron chi connectivity index (χ1n) is 8.23. The third kappa shape index (κ3) is 4.55. The van der Waals surface area contributed by atoms with Gasteiger partial charge >= 0.3 is 5.97 Å². The average molecular weight is 310 g/mol. The molecule has 0 spiro atoms. The Bertz CT molecular complexity index is 656. The zero-order chi connectivity index (χ0) is 15.9. The molecular weight excluding hydrogens is 288 g/mol. The molecule has 0 saturated carbocycles. The maximum absolute atomic E-state index is 11.8. The Hall–Kier alpha value is -2.36. The van der Waals surface area contributed by atoms with Crippen molar-refractivity contribution in [1.82, 2.24) is 4.98 Å². The number of hydrogen-bond acceptors (Lipinski definition) is 4. The van der Waals surface area contributed by atoms with Gasteiger partial charge < -0.3 is 10.1 Å². The molecule has 120 valence electrons. The highest BCUT2D eigenvalue weighted by Crippen LogP contribution is 2.20. The van der Waals surface area contributed by atoms with Crippen LogP contribution in [0.4, 0.5) is 5.82 Å². The van der Waals surface area contributed by atoms with Crippen molar-refractivity contribution in [3.63, 3.8) is 0 Å². The number of esters is 1. The highest BCUT2D eigenvalue weighted by molar-refractivity contribution is 5.69. The number of anilines is 1. The van der Waals surface area contributed by atoms with E-state index < -0.39 is 0 Å². The second-order valence-electron chi connectivity index (χ2n) is 5.84. The molecule has 0 radical (unpaired) electrons. The lowest BCUT2D eigenvalue weighted by Crippen LogP contribution is -2.14. The Kier molecular flexibility index (Phi) is 5.25. The fourth-order valence-electron chi connectivity index (χ4n) is 2.73. The third-order valence-corrected chi connectivity index (χ3v) is 4.01. The van der Waals surface area contributed by atoms with Gasteiger partial charge in [0.25, 0.3) is 0 Å². The number of carbonyl (C=O) groups excluding carboxylic acids is 1. The molecule has 1 aromatic heterocycles. The Morgan fingerprint density at radius 3 is 2.91 bits per heavy atom. The maximum atomic E-state index is 11.8. The highest BCUT2D eigenvalue weighted by atomic mass is 16.5. The van der Waals surface area contributed by atoms with Crippen molar-refractivity contribution in [1.29, 1.82) is 0 Å². The lowest BCUT2D eigenvalue weighted by atomic mass is 10.1. The van der Waals surface area contributed by atoms with Gasteiger partial charge in [-0.2, -0.15) is 0 Å². The van der Waals surface area contributed by atoms with Crippen molar-refractivity contribution in [3.05, 3.63) is 59.3 Å². The maximum Gasteiger partial charge on any atom is 0.306 e. The van der Waals surface area contributed by atoms with Crippen LogP contribution >= 0.6 is 0 Å². The van der Waals surface area contributed by atoms with E-state index in [1.165, 1.54) is 12.0 Å². The summed E-state index contributed by atoms with van der Waals surface area (Å²) in [6.07, 6.45) is 4.26. The molecule has 0 atom stereocenters. The number of pyridine rings is 1. The summed E-state index contributed by atoms with van der Waals surface area (Å²) in [7, 11) is 0. The number of nitrogens with one attached hydrogen (secondary N) is 1. The number of rotatable bonds is 6. The highest BCUT2D eigenvalue weighted by Gasteiger charge is 2.10. The van der Waals surface area contributed by atoms with E-state index in [9.17, 15) is 4.79 Å². The van der Waals surface area contributed by atoms with Crippen molar-refractivity contribution in [2.75, 3.05) is 11.9 Å². The minimum atomic E-state index is -0.148. The molecule has 0 saturated heterocycles. The number of benzene rings is 1. The van der Waals surface area contributed by atoms with Gasteiger partial charge in [0.05, 0.1) is 0 Å². The first kappa shape index (κ1) is 15.5. The molecule has 0 bridgehead atoms. The third-order valence-electron chi connectivity index (χ3n) is 4.01. The van der Waals surface area contributed by atoms with Gasteiger partial charge in [-0.1, -0.05) is 36.4 Å². The molecule has 3 rings (SSSR count). The molecule has 1 aliphatic rings. The van der Waals surface area contributed by atoms with Gasteiger partial charge in [-0.05, 0) is 42.9 Å². The summed E-state index contributed by atoms with van der Waals surface area (Å²) in [5, 5.41) is 3.34. The monoisotopic (exact) mass is 310 g/mol. The summed E-state index contributed by atoms with van der Waals surface area (Å²) in [5.74, 6) is 0.866. The Morgan fingerprint density at radius 1 is 1.17 bits per heavy atom. The van der Waals surface area contributed by atoms with E-state index in [0.717, 1.165) is 42.9 Å². The molecule has 23 heavy (non-hydrogen) atoms. The lowest BCUT2D eigenvalue weighted by molar-refractivity contribution is -0.145. The molecule has 0 aliphatic carbocycles. The van der Waals surface area contributed by atoms with E-state index >= 15 is 0 Å². The van der Waals surface area contributed by atoms with E-state index in [4.69, 9.17) is 4.74 Å². The number of carbonyl (C=O) groups is 1. The van der Waals surface area contributed by atoms with Crippen LogP contribution in [0.5, 0.6) is 0 Å². The summed E-state index contributed by atoms with van der Waals surface area (Å²) in [6.45, 7) is 1.34. The van der Waals surface area contributed by atoms with Gasteiger partial charge in [0, 0.05) is 18.7 Å². The van der Waals surface area contributed by atoms with E-state index in [1.54, 1.807) is 0 Å². The van der Waals surface area contributed by atoms with Gasteiger partial charge in [-0.25, -0.2) is 4.98 Å². The van der Waals surface area contributed by atoms with Crippen molar-refractivity contribution in [2.45, 2.75) is 38.7 Å². The largest absolute Gasteiger partial charge is 0.461 e. The average Bonchev–Trinajstić information content (AvgIpc) is 2.61. The molecule has 4 nitrogen and oxygen atoms in total. The number of ether oxygens (including phenoxy) is 1. The van der Waals surface area contributed by atoms with Gasteiger partial charge in [0.15, 0.2) is 0 Å². The van der Waals surface area contributed by atoms with Crippen molar-refractivity contribution in [3.8, 4) is 0 Å². The SMILES string of the molecule is O=C(CCCc1ccc2c(n1)NCCC2)OCc1ccccc1. The fraction of sp³-hybridized carbons (Fsp3) is 0.368. The molecule has 1 N–H and O–H groups in total. The second kappa shape index (κ2) is 7.77. The van der Waals surface area contributed by atoms with Crippen LogP contribution in [0.2, 0.25) is 0 Å². The van der Waals surface area contributed by atoms with E-state index in [2.05, 4.69) is 22.4 Å². The predicted octanol–water partition coefficient (Wildman–Crippen LogP) is 3.51. The normalized spacial score (nSPS) is 13.0. The Labute approximate surface area is 136 Å². The zero-order valence-corrected chi connectivity index (χ0v) is 13.3. The Balaban J connectivity index is 1.41. The second-order valence-corrected chi connectivity index (χ2v) is 5.84. The van der Waals surface area contributed by atoms with Crippen LogP contribution in [0.15, 0.2) is 42.5 Å². The summed E-state index contributed by atoms with van der Waals surface area (Å²) in [5.41, 5.74) is 3.35. The zero-order valence-electron chi connectivity index (χ0n) is 13.3. The number of nitrogens with zero attached hydrogens (tertiary/aromatic N) is 1. The van der Waals surface area contributed by atoms with Crippen molar-refractivity contribution in [2.24, 2.45) is 0 Å².